The highest BCUT2D eigenvalue weighted by Crippen LogP contribution is 2.12. The third-order valence-corrected chi connectivity index (χ3v) is 2.53. The summed E-state index contributed by atoms with van der Waals surface area (Å²) in [7, 11) is 0. The molecule has 0 aliphatic rings. The van der Waals surface area contributed by atoms with Gasteiger partial charge in [0.25, 0.3) is 0 Å². The van der Waals surface area contributed by atoms with Gasteiger partial charge in [-0.3, -0.25) is 4.79 Å². The molecule has 0 bridgehead atoms. The van der Waals surface area contributed by atoms with Crippen LogP contribution in [0.3, 0.4) is 0 Å². The maximum atomic E-state index is 11.4. The Balaban J connectivity index is 2.58. The van der Waals surface area contributed by atoms with Gasteiger partial charge in [-0.2, -0.15) is 0 Å². The number of hydrogen-bond acceptors (Lipinski definition) is 2. The van der Waals surface area contributed by atoms with Crippen LogP contribution in [-0.4, -0.2) is 18.5 Å². The first-order chi connectivity index (χ1) is 7.13. The van der Waals surface area contributed by atoms with Crippen molar-refractivity contribution in [2.45, 2.75) is 19.4 Å². The topological polar surface area (TPSA) is 55.1 Å². The lowest BCUT2D eigenvalue weighted by Crippen LogP contribution is -2.41. The number of carbonyl (C=O) groups is 1. The molecule has 1 amide bonds. The fraction of sp³-hybridized carbons (Fsp3) is 0.364. The molecule has 1 atom stereocenters. The number of halogens is 1. The summed E-state index contributed by atoms with van der Waals surface area (Å²) in [6.45, 7) is 2.49. The van der Waals surface area contributed by atoms with Crippen molar-refractivity contribution in [3.63, 3.8) is 0 Å². The highest BCUT2D eigenvalue weighted by atomic mass is 79.9. The van der Waals surface area contributed by atoms with Gasteiger partial charge in [0.2, 0.25) is 5.91 Å². The lowest BCUT2D eigenvalue weighted by molar-refractivity contribution is -0.122. The van der Waals surface area contributed by atoms with Crippen molar-refractivity contribution >= 4 is 21.8 Å². The minimum Gasteiger partial charge on any atom is -0.355 e. The standard InChI is InChI=1S/C11H15BrN2O/c1-2-14-11(15)10(13)7-8-4-3-5-9(12)6-8/h3-6,10H,2,7,13H2,1H3,(H,14,15). The molecular formula is C11H15BrN2O. The van der Waals surface area contributed by atoms with E-state index >= 15 is 0 Å². The molecule has 1 aromatic rings. The molecule has 15 heavy (non-hydrogen) atoms. The monoisotopic (exact) mass is 270 g/mol. The summed E-state index contributed by atoms with van der Waals surface area (Å²) in [5, 5.41) is 2.70. The lowest BCUT2D eigenvalue weighted by Gasteiger charge is -2.11. The molecule has 3 nitrogen and oxygen atoms in total. The second kappa shape index (κ2) is 5.88. The van der Waals surface area contributed by atoms with Gasteiger partial charge in [0.1, 0.15) is 0 Å². The van der Waals surface area contributed by atoms with E-state index in [1.807, 2.05) is 31.2 Å². The number of rotatable bonds is 4. The predicted molar refractivity (Wildman–Crippen MR) is 64.5 cm³/mol. The van der Waals surface area contributed by atoms with E-state index in [1.165, 1.54) is 0 Å². The number of nitrogens with one attached hydrogen (secondary N) is 1. The minimum atomic E-state index is -0.473. The van der Waals surface area contributed by atoms with Gasteiger partial charge >= 0.3 is 0 Å². The van der Waals surface area contributed by atoms with Crippen LogP contribution >= 0.6 is 15.9 Å². The highest BCUT2D eigenvalue weighted by Gasteiger charge is 2.12. The Hall–Kier alpha value is -0.870. The molecule has 0 saturated heterocycles. The van der Waals surface area contributed by atoms with E-state index in [-0.39, 0.29) is 5.91 Å². The Morgan fingerprint density at radius 1 is 1.60 bits per heavy atom. The van der Waals surface area contributed by atoms with E-state index in [0.717, 1.165) is 10.0 Å². The zero-order valence-corrected chi connectivity index (χ0v) is 10.3. The van der Waals surface area contributed by atoms with Gasteiger partial charge in [-0.1, -0.05) is 28.1 Å². The van der Waals surface area contributed by atoms with Crippen LogP contribution in [0.4, 0.5) is 0 Å². The van der Waals surface area contributed by atoms with Crippen LogP contribution in [0.2, 0.25) is 0 Å². The van der Waals surface area contributed by atoms with Gasteiger partial charge in [-0.15, -0.1) is 0 Å². The molecular weight excluding hydrogens is 256 g/mol. The van der Waals surface area contributed by atoms with Crippen LogP contribution in [-0.2, 0) is 11.2 Å². The molecule has 0 spiro atoms. The zero-order chi connectivity index (χ0) is 11.3. The van der Waals surface area contributed by atoms with E-state index in [4.69, 9.17) is 5.73 Å². The fourth-order valence-electron chi connectivity index (χ4n) is 1.32. The maximum Gasteiger partial charge on any atom is 0.237 e. The quantitative estimate of drug-likeness (QED) is 0.871. The van der Waals surface area contributed by atoms with Gasteiger partial charge in [0.15, 0.2) is 0 Å². The Morgan fingerprint density at radius 2 is 2.33 bits per heavy atom. The molecule has 0 heterocycles. The smallest absolute Gasteiger partial charge is 0.237 e. The van der Waals surface area contributed by atoms with Crippen LogP contribution in [0.1, 0.15) is 12.5 Å². The van der Waals surface area contributed by atoms with Crippen molar-refractivity contribution < 1.29 is 4.79 Å². The molecule has 3 N–H and O–H groups in total. The molecule has 0 fully saturated rings. The number of nitrogens with two attached hydrogens (primary N) is 1. The Labute approximate surface area is 98.2 Å². The van der Waals surface area contributed by atoms with Crippen molar-refractivity contribution in [2.75, 3.05) is 6.54 Å². The summed E-state index contributed by atoms with van der Waals surface area (Å²) in [5.41, 5.74) is 6.82. The summed E-state index contributed by atoms with van der Waals surface area (Å²) < 4.78 is 1.00. The van der Waals surface area contributed by atoms with Crippen LogP contribution in [0.25, 0.3) is 0 Å². The molecule has 0 aliphatic carbocycles. The van der Waals surface area contributed by atoms with Gasteiger partial charge in [0, 0.05) is 11.0 Å². The molecule has 0 aromatic heterocycles. The van der Waals surface area contributed by atoms with Crippen LogP contribution in [0, 0.1) is 0 Å². The third kappa shape index (κ3) is 4.01. The summed E-state index contributed by atoms with van der Waals surface area (Å²) in [6.07, 6.45) is 0.561. The van der Waals surface area contributed by atoms with E-state index in [2.05, 4.69) is 21.2 Å². The fourth-order valence-corrected chi connectivity index (χ4v) is 1.76. The van der Waals surface area contributed by atoms with Gasteiger partial charge in [0.05, 0.1) is 6.04 Å². The Bertz CT molecular complexity index is 341. The number of likely N-dealkylation sites (N-methyl/N-ethyl adjacent to an activating group) is 1. The van der Waals surface area contributed by atoms with E-state index < -0.39 is 6.04 Å². The minimum absolute atomic E-state index is 0.0996. The highest BCUT2D eigenvalue weighted by molar-refractivity contribution is 9.10. The summed E-state index contributed by atoms with van der Waals surface area (Å²) in [5.74, 6) is -0.0996. The number of hydrogen-bond donors (Lipinski definition) is 2. The Morgan fingerprint density at radius 3 is 2.93 bits per heavy atom. The molecule has 1 rings (SSSR count). The predicted octanol–water partition coefficient (Wildman–Crippen LogP) is 1.46. The summed E-state index contributed by atoms with van der Waals surface area (Å²) in [6, 6.07) is 7.34. The largest absolute Gasteiger partial charge is 0.355 e. The van der Waals surface area contributed by atoms with Crippen molar-refractivity contribution in [3.05, 3.63) is 34.3 Å². The summed E-state index contributed by atoms with van der Waals surface area (Å²) in [4.78, 5) is 11.4. The first kappa shape index (κ1) is 12.2. The third-order valence-electron chi connectivity index (χ3n) is 2.03. The molecule has 0 radical (unpaired) electrons. The lowest BCUT2D eigenvalue weighted by atomic mass is 10.1. The van der Waals surface area contributed by atoms with Crippen molar-refractivity contribution in [2.24, 2.45) is 5.73 Å². The molecule has 0 saturated carbocycles. The van der Waals surface area contributed by atoms with Crippen LogP contribution in [0.15, 0.2) is 28.7 Å². The normalized spacial score (nSPS) is 12.2. The Kier molecular flexibility index (Phi) is 4.78. The second-order valence-electron chi connectivity index (χ2n) is 3.34. The number of benzene rings is 1. The molecule has 82 valence electrons. The second-order valence-corrected chi connectivity index (χ2v) is 4.25. The molecule has 1 aromatic carbocycles. The first-order valence-electron chi connectivity index (χ1n) is 4.91. The molecule has 0 aliphatic heterocycles. The van der Waals surface area contributed by atoms with Crippen molar-refractivity contribution in [3.8, 4) is 0 Å². The summed E-state index contributed by atoms with van der Waals surface area (Å²) >= 11 is 3.38. The van der Waals surface area contributed by atoms with E-state index in [9.17, 15) is 4.79 Å². The average molecular weight is 271 g/mol. The van der Waals surface area contributed by atoms with E-state index in [1.54, 1.807) is 0 Å². The number of amides is 1. The zero-order valence-electron chi connectivity index (χ0n) is 8.66. The SMILES string of the molecule is CCNC(=O)C(N)Cc1cccc(Br)c1. The first-order valence-corrected chi connectivity index (χ1v) is 5.70. The maximum absolute atomic E-state index is 11.4. The van der Waals surface area contributed by atoms with Gasteiger partial charge in [-0.25, -0.2) is 0 Å². The van der Waals surface area contributed by atoms with Gasteiger partial charge < -0.3 is 11.1 Å². The van der Waals surface area contributed by atoms with Crippen molar-refractivity contribution in [1.82, 2.24) is 5.32 Å². The van der Waals surface area contributed by atoms with E-state index in [0.29, 0.717) is 13.0 Å². The molecule has 4 heteroatoms. The van der Waals surface area contributed by atoms with Gasteiger partial charge in [-0.05, 0) is 31.0 Å². The van der Waals surface area contributed by atoms with Crippen molar-refractivity contribution in [1.29, 1.82) is 0 Å². The average Bonchev–Trinajstić information content (AvgIpc) is 2.18. The van der Waals surface area contributed by atoms with Crippen LogP contribution < -0.4 is 11.1 Å². The number of carbonyl (C=O) groups excluding carboxylic acids is 1. The van der Waals surface area contributed by atoms with Crippen LogP contribution in [0.5, 0.6) is 0 Å². The molecule has 1 unspecified atom stereocenters.